The van der Waals surface area contributed by atoms with Gasteiger partial charge in [-0.15, -0.1) is 0 Å². The van der Waals surface area contributed by atoms with Gasteiger partial charge in [0.05, 0.1) is 5.69 Å². The summed E-state index contributed by atoms with van der Waals surface area (Å²) in [7, 11) is 1.66. The summed E-state index contributed by atoms with van der Waals surface area (Å²) in [5, 5.41) is 4.17. The number of hydrogen-bond acceptors (Lipinski definition) is 3. The van der Waals surface area contributed by atoms with Gasteiger partial charge in [0.15, 0.2) is 0 Å². The first-order valence-electron chi connectivity index (χ1n) is 8.14. The summed E-state index contributed by atoms with van der Waals surface area (Å²) < 4.78 is 3.74. The molecule has 0 unspecified atom stereocenters. The molecule has 1 aliphatic heterocycles. The van der Waals surface area contributed by atoms with E-state index in [1.54, 1.807) is 14.0 Å². The molecular formula is C17H21BrN4O2. The van der Waals surface area contributed by atoms with Crippen molar-refractivity contribution in [1.82, 2.24) is 14.3 Å². The third-order valence-electron chi connectivity index (χ3n) is 4.56. The minimum atomic E-state index is -0.260. The molecule has 0 saturated carbocycles. The Morgan fingerprint density at radius 2 is 2.12 bits per heavy atom. The van der Waals surface area contributed by atoms with Crippen LogP contribution >= 0.6 is 15.9 Å². The molecule has 128 valence electrons. The number of benzene rings is 1. The van der Waals surface area contributed by atoms with Gasteiger partial charge in [-0.2, -0.15) is 5.10 Å². The summed E-state index contributed by atoms with van der Waals surface area (Å²) in [4.78, 5) is 26.8. The van der Waals surface area contributed by atoms with Crippen molar-refractivity contribution in [1.29, 1.82) is 0 Å². The molecule has 1 amide bonds. The maximum absolute atomic E-state index is 12.9. The number of nitrogens with zero attached hydrogens (tertiary/aromatic N) is 4. The second kappa shape index (κ2) is 6.55. The van der Waals surface area contributed by atoms with Gasteiger partial charge in [-0.1, -0.05) is 22.9 Å². The molecule has 2 heterocycles. The van der Waals surface area contributed by atoms with Crippen molar-refractivity contribution in [3.63, 3.8) is 0 Å². The number of rotatable bonds is 3. The van der Waals surface area contributed by atoms with E-state index in [2.05, 4.69) is 40.1 Å². The van der Waals surface area contributed by atoms with Gasteiger partial charge in [-0.25, -0.2) is 9.48 Å². The Morgan fingerprint density at radius 1 is 1.38 bits per heavy atom. The lowest BCUT2D eigenvalue weighted by molar-refractivity contribution is -0.119. The average molecular weight is 393 g/mol. The zero-order valence-corrected chi connectivity index (χ0v) is 15.8. The maximum atomic E-state index is 12.9. The molecule has 0 saturated heterocycles. The van der Waals surface area contributed by atoms with E-state index in [1.807, 2.05) is 4.90 Å². The predicted octanol–water partition coefficient (Wildman–Crippen LogP) is 2.19. The van der Waals surface area contributed by atoms with Crippen molar-refractivity contribution in [2.24, 2.45) is 7.05 Å². The summed E-state index contributed by atoms with van der Waals surface area (Å²) in [6.07, 6.45) is 2.75. The minimum Gasteiger partial charge on any atom is -0.310 e. The lowest BCUT2D eigenvalue weighted by Crippen LogP contribution is -2.40. The smallest absolute Gasteiger partial charge is 0.310 e. The molecule has 1 aliphatic rings. The van der Waals surface area contributed by atoms with Gasteiger partial charge in [0.25, 0.3) is 0 Å². The van der Waals surface area contributed by atoms with Gasteiger partial charge >= 0.3 is 5.69 Å². The van der Waals surface area contributed by atoms with E-state index in [0.29, 0.717) is 12.4 Å². The summed E-state index contributed by atoms with van der Waals surface area (Å²) in [6, 6.07) is 4.16. The molecular weight excluding hydrogens is 372 g/mol. The largest absolute Gasteiger partial charge is 0.346 e. The third kappa shape index (κ3) is 2.92. The molecule has 0 fully saturated rings. The molecule has 0 bridgehead atoms. The Labute approximate surface area is 149 Å². The highest BCUT2D eigenvalue weighted by Gasteiger charge is 2.26. The van der Waals surface area contributed by atoms with Gasteiger partial charge in [0, 0.05) is 18.1 Å². The molecule has 6 nitrogen and oxygen atoms in total. The van der Waals surface area contributed by atoms with Crippen LogP contribution < -0.4 is 10.6 Å². The Hall–Kier alpha value is -1.89. The van der Waals surface area contributed by atoms with Crippen LogP contribution in [0.5, 0.6) is 0 Å². The van der Waals surface area contributed by atoms with Crippen molar-refractivity contribution in [3.05, 3.63) is 44.0 Å². The van der Waals surface area contributed by atoms with Gasteiger partial charge < -0.3 is 4.90 Å². The topological polar surface area (TPSA) is 60.1 Å². The minimum absolute atomic E-state index is 0.0286. The summed E-state index contributed by atoms with van der Waals surface area (Å²) in [6.45, 7) is 4.50. The van der Waals surface area contributed by atoms with E-state index in [-0.39, 0.29) is 18.1 Å². The van der Waals surface area contributed by atoms with Crippen LogP contribution in [-0.4, -0.2) is 26.8 Å². The van der Waals surface area contributed by atoms with Gasteiger partial charge in [-0.3, -0.25) is 9.36 Å². The first-order valence-corrected chi connectivity index (χ1v) is 8.93. The Bertz CT molecular complexity index is 836. The van der Waals surface area contributed by atoms with Gasteiger partial charge in [-0.05, 0) is 49.4 Å². The molecule has 1 aromatic carbocycles. The van der Waals surface area contributed by atoms with Crippen LogP contribution in [0, 0.1) is 6.92 Å². The highest BCUT2D eigenvalue weighted by atomic mass is 79.9. The Balaban J connectivity index is 1.95. The van der Waals surface area contributed by atoms with Crippen LogP contribution in [0.3, 0.4) is 0 Å². The van der Waals surface area contributed by atoms with Crippen LogP contribution in [0.15, 0.2) is 21.4 Å². The number of fused-ring (bicyclic) bond motifs is 1. The second-order valence-corrected chi connectivity index (χ2v) is 7.04. The van der Waals surface area contributed by atoms with Crippen LogP contribution in [0.1, 0.15) is 30.3 Å². The number of carbonyl (C=O) groups excluding carboxylic acids is 1. The molecule has 7 heteroatoms. The molecule has 2 aromatic rings. The molecule has 0 N–H and O–H groups in total. The van der Waals surface area contributed by atoms with E-state index >= 15 is 0 Å². The SMILES string of the molecule is CCc1cc(Br)cc2c1N(C(=O)Cn1nc(C)n(C)c1=O)CCC2. The standard InChI is InChI=1S/C17H21BrN4O2/c1-4-12-8-14(18)9-13-6-5-7-21(16(12)13)15(23)10-22-17(24)20(3)11(2)19-22/h8-9H,4-7,10H2,1-3H3. The van der Waals surface area contributed by atoms with E-state index in [9.17, 15) is 9.59 Å². The monoisotopic (exact) mass is 392 g/mol. The first-order chi connectivity index (χ1) is 11.4. The highest BCUT2D eigenvalue weighted by molar-refractivity contribution is 9.10. The molecule has 1 aromatic heterocycles. The predicted molar refractivity (Wildman–Crippen MR) is 96.4 cm³/mol. The summed E-state index contributed by atoms with van der Waals surface area (Å²) in [5.74, 6) is 0.512. The van der Waals surface area contributed by atoms with Crippen LogP contribution in [-0.2, 0) is 31.2 Å². The highest BCUT2D eigenvalue weighted by Crippen LogP contribution is 2.34. The molecule has 24 heavy (non-hydrogen) atoms. The van der Waals surface area contributed by atoms with Crippen molar-refractivity contribution >= 4 is 27.5 Å². The normalized spacial score (nSPS) is 13.9. The van der Waals surface area contributed by atoms with Crippen molar-refractivity contribution in [3.8, 4) is 0 Å². The Kier molecular flexibility index (Phi) is 4.62. The average Bonchev–Trinajstić information content (AvgIpc) is 2.80. The third-order valence-corrected chi connectivity index (χ3v) is 5.01. The fraction of sp³-hybridized carbons (Fsp3) is 0.471. The quantitative estimate of drug-likeness (QED) is 0.804. The number of aromatic nitrogens is 3. The number of aryl methyl sites for hydroxylation is 3. The van der Waals surface area contributed by atoms with Crippen molar-refractivity contribution < 1.29 is 4.79 Å². The zero-order valence-electron chi connectivity index (χ0n) is 14.2. The lowest BCUT2D eigenvalue weighted by Gasteiger charge is -2.31. The molecule has 0 spiro atoms. The van der Waals surface area contributed by atoms with Crippen molar-refractivity contribution in [2.75, 3.05) is 11.4 Å². The van der Waals surface area contributed by atoms with E-state index in [1.165, 1.54) is 14.8 Å². The summed E-state index contributed by atoms with van der Waals surface area (Å²) >= 11 is 3.55. The Morgan fingerprint density at radius 3 is 2.75 bits per heavy atom. The molecule has 3 rings (SSSR count). The van der Waals surface area contributed by atoms with Gasteiger partial charge in [0.1, 0.15) is 12.4 Å². The first kappa shape index (κ1) is 17.0. The number of anilines is 1. The fourth-order valence-corrected chi connectivity index (χ4v) is 3.78. The summed E-state index contributed by atoms with van der Waals surface area (Å²) in [5.41, 5.74) is 3.09. The zero-order chi connectivity index (χ0) is 17.4. The van der Waals surface area contributed by atoms with Gasteiger partial charge in [0.2, 0.25) is 5.91 Å². The number of halogens is 1. The molecule has 0 aliphatic carbocycles. The van der Waals surface area contributed by atoms with E-state index in [4.69, 9.17) is 0 Å². The van der Waals surface area contributed by atoms with Crippen LogP contribution in [0.4, 0.5) is 5.69 Å². The number of amides is 1. The maximum Gasteiger partial charge on any atom is 0.346 e. The second-order valence-electron chi connectivity index (χ2n) is 6.12. The van der Waals surface area contributed by atoms with Crippen LogP contribution in [0.25, 0.3) is 0 Å². The fourth-order valence-electron chi connectivity index (χ4n) is 3.23. The van der Waals surface area contributed by atoms with E-state index in [0.717, 1.165) is 35.0 Å². The lowest BCUT2D eigenvalue weighted by atomic mass is 9.96. The molecule has 0 radical (unpaired) electrons. The van der Waals surface area contributed by atoms with E-state index < -0.39 is 0 Å². The van der Waals surface area contributed by atoms with Crippen LogP contribution in [0.2, 0.25) is 0 Å². The number of hydrogen-bond donors (Lipinski definition) is 0. The van der Waals surface area contributed by atoms with Crippen molar-refractivity contribution in [2.45, 2.75) is 39.7 Å². The number of carbonyl (C=O) groups is 1. The molecule has 0 atom stereocenters.